The maximum Gasteiger partial charge on any atom is 0.244 e. The summed E-state index contributed by atoms with van der Waals surface area (Å²) in [6.45, 7) is 8.94. The van der Waals surface area contributed by atoms with Gasteiger partial charge in [0, 0.05) is 18.5 Å². The number of hydrogen-bond acceptors (Lipinski definition) is 2. The van der Waals surface area contributed by atoms with Crippen LogP contribution in [0, 0.1) is 5.41 Å². The van der Waals surface area contributed by atoms with Crippen molar-refractivity contribution in [2.45, 2.75) is 46.6 Å². The zero-order valence-electron chi connectivity index (χ0n) is 10.7. The average molecular weight is 226 g/mol. The van der Waals surface area contributed by atoms with E-state index in [1.807, 2.05) is 25.7 Å². The number of hydrogen-bond donors (Lipinski definition) is 1. The standard InChI is InChI=1S/C12H22N2O2/c1-9(13-11(16)12(2,3)4)10(15)14-7-5-6-8-14/h9H,5-8H2,1-4H3,(H,13,16)/t9-/m0/s1. The van der Waals surface area contributed by atoms with Gasteiger partial charge in [0.1, 0.15) is 6.04 Å². The molecule has 16 heavy (non-hydrogen) atoms. The first kappa shape index (κ1) is 13.0. The van der Waals surface area contributed by atoms with Gasteiger partial charge in [0.05, 0.1) is 0 Å². The quantitative estimate of drug-likeness (QED) is 0.768. The van der Waals surface area contributed by atoms with Crippen LogP contribution < -0.4 is 5.32 Å². The Kier molecular flexibility index (Phi) is 3.94. The number of carbonyl (C=O) groups excluding carboxylic acids is 2. The van der Waals surface area contributed by atoms with Crippen LogP contribution in [-0.2, 0) is 9.59 Å². The molecule has 92 valence electrons. The molecule has 1 aliphatic heterocycles. The van der Waals surface area contributed by atoms with Crippen molar-refractivity contribution in [2.24, 2.45) is 5.41 Å². The van der Waals surface area contributed by atoms with Gasteiger partial charge in [-0.1, -0.05) is 20.8 Å². The maximum atomic E-state index is 11.9. The lowest BCUT2D eigenvalue weighted by Gasteiger charge is -2.24. The second kappa shape index (κ2) is 4.85. The Balaban J connectivity index is 2.48. The summed E-state index contributed by atoms with van der Waals surface area (Å²) in [6.07, 6.45) is 2.15. The number of nitrogens with zero attached hydrogens (tertiary/aromatic N) is 1. The Bertz CT molecular complexity index is 275. The number of likely N-dealkylation sites (tertiary alicyclic amines) is 1. The molecular formula is C12H22N2O2. The van der Waals surface area contributed by atoms with E-state index < -0.39 is 11.5 Å². The molecule has 1 aliphatic rings. The molecule has 0 saturated carbocycles. The van der Waals surface area contributed by atoms with Gasteiger partial charge in [0.15, 0.2) is 0 Å². The summed E-state index contributed by atoms with van der Waals surface area (Å²) in [5, 5.41) is 2.77. The molecule has 2 amide bonds. The lowest BCUT2D eigenvalue weighted by molar-refractivity contribution is -0.137. The van der Waals surface area contributed by atoms with E-state index in [0.717, 1.165) is 25.9 Å². The lowest BCUT2D eigenvalue weighted by Crippen LogP contribution is -2.48. The van der Waals surface area contributed by atoms with Crippen molar-refractivity contribution in [3.05, 3.63) is 0 Å². The summed E-state index contributed by atoms with van der Waals surface area (Å²) < 4.78 is 0. The van der Waals surface area contributed by atoms with Gasteiger partial charge in [0.25, 0.3) is 0 Å². The molecule has 1 rings (SSSR count). The van der Waals surface area contributed by atoms with Gasteiger partial charge in [-0.3, -0.25) is 9.59 Å². The largest absolute Gasteiger partial charge is 0.344 e. The van der Waals surface area contributed by atoms with Crippen LogP contribution in [-0.4, -0.2) is 35.8 Å². The summed E-state index contributed by atoms with van der Waals surface area (Å²) in [4.78, 5) is 25.5. The molecule has 0 aromatic rings. The topological polar surface area (TPSA) is 49.4 Å². The van der Waals surface area contributed by atoms with Crippen LogP contribution in [0.4, 0.5) is 0 Å². The van der Waals surface area contributed by atoms with Gasteiger partial charge in [0.2, 0.25) is 11.8 Å². The molecule has 4 nitrogen and oxygen atoms in total. The van der Waals surface area contributed by atoms with Crippen LogP contribution in [0.3, 0.4) is 0 Å². The van der Waals surface area contributed by atoms with E-state index in [1.54, 1.807) is 6.92 Å². The zero-order valence-corrected chi connectivity index (χ0v) is 10.7. The molecule has 4 heteroatoms. The zero-order chi connectivity index (χ0) is 12.3. The molecule has 0 radical (unpaired) electrons. The van der Waals surface area contributed by atoms with E-state index >= 15 is 0 Å². The van der Waals surface area contributed by atoms with Crippen molar-refractivity contribution in [3.63, 3.8) is 0 Å². The molecule has 0 unspecified atom stereocenters. The monoisotopic (exact) mass is 226 g/mol. The fourth-order valence-electron chi connectivity index (χ4n) is 1.69. The third-order valence-electron chi connectivity index (χ3n) is 2.82. The van der Waals surface area contributed by atoms with Crippen LogP contribution in [0.25, 0.3) is 0 Å². The van der Waals surface area contributed by atoms with Gasteiger partial charge in [-0.15, -0.1) is 0 Å². The first-order valence-corrected chi connectivity index (χ1v) is 5.92. The predicted molar refractivity (Wildman–Crippen MR) is 62.9 cm³/mol. The first-order chi connectivity index (χ1) is 7.32. The molecule has 1 fully saturated rings. The Hall–Kier alpha value is -1.06. The van der Waals surface area contributed by atoms with Crippen molar-refractivity contribution >= 4 is 11.8 Å². The predicted octanol–water partition coefficient (Wildman–Crippen LogP) is 1.16. The van der Waals surface area contributed by atoms with E-state index in [4.69, 9.17) is 0 Å². The summed E-state index contributed by atoms with van der Waals surface area (Å²) in [6, 6.07) is -0.412. The minimum Gasteiger partial charge on any atom is -0.344 e. The third-order valence-corrected chi connectivity index (χ3v) is 2.82. The minimum absolute atomic E-state index is 0.0371. The van der Waals surface area contributed by atoms with Crippen LogP contribution in [0.2, 0.25) is 0 Å². The second-order valence-corrected chi connectivity index (χ2v) is 5.48. The highest BCUT2D eigenvalue weighted by Crippen LogP contribution is 2.14. The van der Waals surface area contributed by atoms with E-state index in [9.17, 15) is 9.59 Å². The average Bonchev–Trinajstić information content (AvgIpc) is 2.67. The molecule has 1 N–H and O–H groups in total. The number of rotatable bonds is 2. The SMILES string of the molecule is C[C@H](NC(=O)C(C)(C)C)C(=O)N1CCCC1. The lowest BCUT2D eigenvalue weighted by atomic mass is 9.95. The summed E-state index contributed by atoms with van der Waals surface area (Å²) in [5.74, 6) is -0.0392. The summed E-state index contributed by atoms with van der Waals surface area (Å²) in [5.41, 5.74) is -0.445. The Labute approximate surface area is 97.4 Å². The number of nitrogens with one attached hydrogen (secondary N) is 1. The summed E-state index contributed by atoms with van der Waals surface area (Å²) >= 11 is 0. The smallest absolute Gasteiger partial charge is 0.244 e. The molecule has 1 heterocycles. The Morgan fingerprint density at radius 2 is 1.69 bits per heavy atom. The van der Waals surface area contributed by atoms with Crippen molar-refractivity contribution in [1.82, 2.24) is 10.2 Å². The van der Waals surface area contributed by atoms with Crippen molar-refractivity contribution in [3.8, 4) is 0 Å². The van der Waals surface area contributed by atoms with E-state index in [0.29, 0.717) is 0 Å². The van der Waals surface area contributed by atoms with Gasteiger partial charge in [-0.25, -0.2) is 0 Å². The highest BCUT2D eigenvalue weighted by Gasteiger charge is 2.28. The van der Waals surface area contributed by atoms with Crippen LogP contribution in [0.5, 0.6) is 0 Å². The van der Waals surface area contributed by atoms with Crippen LogP contribution >= 0.6 is 0 Å². The maximum absolute atomic E-state index is 11.9. The van der Waals surface area contributed by atoms with Gasteiger partial charge in [-0.2, -0.15) is 0 Å². The molecule has 0 bridgehead atoms. The van der Waals surface area contributed by atoms with Crippen molar-refractivity contribution < 1.29 is 9.59 Å². The molecule has 0 aromatic heterocycles. The van der Waals surface area contributed by atoms with Crippen LogP contribution in [0.15, 0.2) is 0 Å². The van der Waals surface area contributed by atoms with Gasteiger partial charge < -0.3 is 10.2 Å². The first-order valence-electron chi connectivity index (χ1n) is 5.92. The van der Waals surface area contributed by atoms with E-state index in [2.05, 4.69) is 5.32 Å². The highest BCUT2D eigenvalue weighted by molar-refractivity contribution is 5.89. The molecule has 0 aromatic carbocycles. The van der Waals surface area contributed by atoms with Crippen molar-refractivity contribution in [2.75, 3.05) is 13.1 Å². The molecule has 1 atom stereocenters. The summed E-state index contributed by atoms with van der Waals surface area (Å²) in [7, 11) is 0. The Morgan fingerprint density at radius 1 is 1.19 bits per heavy atom. The van der Waals surface area contributed by atoms with Crippen molar-refractivity contribution in [1.29, 1.82) is 0 Å². The minimum atomic E-state index is -0.445. The molecule has 1 saturated heterocycles. The number of carbonyl (C=O) groups is 2. The molecular weight excluding hydrogens is 204 g/mol. The highest BCUT2D eigenvalue weighted by atomic mass is 16.2. The van der Waals surface area contributed by atoms with E-state index in [1.165, 1.54) is 0 Å². The normalized spacial score (nSPS) is 18.4. The Morgan fingerprint density at radius 3 is 2.12 bits per heavy atom. The van der Waals surface area contributed by atoms with Gasteiger partial charge >= 0.3 is 0 Å². The van der Waals surface area contributed by atoms with Crippen LogP contribution in [0.1, 0.15) is 40.5 Å². The number of amides is 2. The fourth-order valence-corrected chi connectivity index (χ4v) is 1.69. The second-order valence-electron chi connectivity index (χ2n) is 5.48. The van der Waals surface area contributed by atoms with Gasteiger partial charge in [-0.05, 0) is 19.8 Å². The molecule has 0 aliphatic carbocycles. The fraction of sp³-hybridized carbons (Fsp3) is 0.833. The molecule has 0 spiro atoms. The van der Waals surface area contributed by atoms with E-state index in [-0.39, 0.29) is 11.8 Å². The third kappa shape index (κ3) is 3.22.